The van der Waals surface area contributed by atoms with E-state index in [0.29, 0.717) is 118 Å². The zero-order valence-corrected chi connectivity index (χ0v) is 64.5. The van der Waals surface area contributed by atoms with Gasteiger partial charge in [-0.15, -0.1) is 0 Å². The van der Waals surface area contributed by atoms with Crippen molar-refractivity contribution in [2.75, 3.05) is 186 Å². The van der Waals surface area contributed by atoms with Gasteiger partial charge in [0.1, 0.15) is 17.3 Å². The predicted octanol–water partition coefficient (Wildman–Crippen LogP) is 3.22. The predicted molar refractivity (Wildman–Crippen MR) is 398 cm³/mol. The van der Waals surface area contributed by atoms with Gasteiger partial charge in [-0.05, 0) is 103 Å². The number of furan rings is 1. The number of rotatable bonds is 55. The number of ether oxygens (including phenoxy) is 9. The number of amides is 1. The van der Waals surface area contributed by atoms with Gasteiger partial charge in [0.25, 0.3) is 0 Å². The molecule has 37 nitrogen and oxygen atoms in total. The average Bonchev–Trinajstić information content (AvgIpc) is 1.80. The fourth-order valence-electron chi connectivity index (χ4n) is 8.06. The first-order valence-corrected chi connectivity index (χ1v) is 35.9. The van der Waals surface area contributed by atoms with E-state index in [1.54, 1.807) is 79.4 Å². The first kappa shape index (κ1) is 107. The highest BCUT2D eigenvalue weighted by Gasteiger charge is 2.19. The number of unbranched alkanes of at least 4 members (excludes halogenated alkanes) is 4. The molecule has 2 aliphatic heterocycles. The lowest BCUT2D eigenvalue weighted by Gasteiger charge is -2.14. The summed E-state index contributed by atoms with van der Waals surface area (Å²) in [5.74, 6) is -4.28. The third-order valence-electron chi connectivity index (χ3n) is 13.6. The summed E-state index contributed by atoms with van der Waals surface area (Å²) in [6, 6.07) is 7.32. The maximum absolute atomic E-state index is 11.2. The number of imidazole rings is 1. The minimum atomic E-state index is -0.864. The highest BCUT2D eigenvalue weighted by Crippen LogP contribution is 2.12. The van der Waals surface area contributed by atoms with Crippen LogP contribution in [0.4, 0.5) is 0 Å². The molecule has 0 spiro atoms. The molecule has 3 aromatic rings. The summed E-state index contributed by atoms with van der Waals surface area (Å²) in [5, 5.41) is 74.3. The van der Waals surface area contributed by atoms with Crippen molar-refractivity contribution in [3.05, 3.63) is 66.4 Å². The molecule has 624 valence electrons. The second-order valence-electron chi connectivity index (χ2n) is 23.4. The van der Waals surface area contributed by atoms with Crippen molar-refractivity contribution in [2.45, 2.75) is 142 Å². The Morgan fingerprint density at radius 1 is 0.546 bits per heavy atom. The minimum absolute atomic E-state index is 0.000972. The Labute approximate surface area is 634 Å². The van der Waals surface area contributed by atoms with Gasteiger partial charge in [-0.25, -0.2) is 4.98 Å². The summed E-state index contributed by atoms with van der Waals surface area (Å²) in [6.07, 6.45) is 19.6. The first-order chi connectivity index (χ1) is 51.8. The zero-order valence-electron chi connectivity index (χ0n) is 64.5. The van der Waals surface area contributed by atoms with Crippen LogP contribution in [0, 0.1) is 0 Å². The van der Waals surface area contributed by atoms with Crippen LogP contribution in [0.1, 0.15) is 128 Å². The Balaban J connectivity index is -0.000000565. The minimum Gasteiger partial charge on any atom is -0.481 e. The van der Waals surface area contributed by atoms with Crippen molar-refractivity contribution in [1.82, 2.24) is 51.8 Å². The smallest absolute Gasteiger partial charge is 0.317 e. The van der Waals surface area contributed by atoms with Crippen LogP contribution in [-0.4, -0.2) is 313 Å². The molecule has 1 amide bonds. The maximum Gasteiger partial charge on any atom is 0.317 e. The lowest BCUT2D eigenvalue weighted by Crippen LogP contribution is -2.30. The summed E-state index contributed by atoms with van der Waals surface area (Å²) in [4.78, 5) is 114. The van der Waals surface area contributed by atoms with Crippen LogP contribution in [-0.2, 0) is 110 Å². The molecule has 5 heterocycles. The summed E-state index contributed by atoms with van der Waals surface area (Å²) >= 11 is 0. The maximum atomic E-state index is 11.2. The van der Waals surface area contributed by atoms with E-state index in [4.69, 9.17) is 78.1 Å². The van der Waals surface area contributed by atoms with E-state index in [1.807, 2.05) is 24.0 Å². The molecule has 0 aromatic carbocycles. The number of methoxy groups -OCH3 is 4. The molecule has 0 bridgehead atoms. The Morgan fingerprint density at radius 3 is 1.54 bits per heavy atom. The lowest BCUT2D eigenvalue weighted by atomic mass is 10.2. The van der Waals surface area contributed by atoms with Crippen LogP contribution in [0.3, 0.4) is 0 Å². The van der Waals surface area contributed by atoms with E-state index in [9.17, 15) is 47.9 Å². The number of aromatic amines is 2. The SMILES string of the molecule is COC(C)COCCCCC(C)=O.COCCNCC(=O)O.COCCOCCCCC(C)=O.COCCOCCOCCNCC(=O)O.O=C(O)CCCCCN1CCCC1=O.O=C(O)CNCC1CCCO1.O=C(O)CNCCc1cnc[nH]1.O=C(O)CNCc1ccc[nH]1.O=C(O)CNCc1ccco1. The van der Waals surface area contributed by atoms with Crippen LogP contribution >= 0.6 is 0 Å². The molecule has 0 radical (unpaired) electrons. The average molecular weight is 1550 g/mol. The highest BCUT2D eigenvalue weighted by atomic mass is 16.5. The number of carboxylic acid groups (broad SMARTS) is 7. The number of carbonyl (C=O) groups is 10. The van der Waals surface area contributed by atoms with Crippen LogP contribution in [0.2, 0.25) is 0 Å². The number of likely N-dealkylation sites (tertiary alicyclic amines) is 1. The number of Topliss-reactive ketones (excluding diaryl/α,β-unsaturated/α-hetero) is 2. The van der Waals surface area contributed by atoms with Gasteiger partial charge in [0.05, 0.1) is 130 Å². The van der Waals surface area contributed by atoms with E-state index in [-0.39, 0.29) is 75.4 Å². The molecule has 37 heteroatoms. The van der Waals surface area contributed by atoms with Crippen molar-refractivity contribution in [3.8, 4) is 0 Å². The summed E-state index contributed by atoms with van der Waals surface area (Å²) in [5.41, 5.74) is 2.00. The van der Waals surface area contributed by atoms with Gasteiger partial charge in [-0.1, -0.05) is 6.42 Å². The second kappa shape index (κ2) is 81.8. The number of ketones is 2. The number of hydrogen-bond acceptors (Lipinski definition) is 27. The number of carbonyl (C=O) groups excluding carboxylic acids is 3. The van der Waals surface area contributed by atoms with Gasteiger partial charge in [0, 0.05) is 150 Å². The second-order valence-corrected chi connectivity index (χ2v) is 23.4. The Hall–Kier alpha value is -7.73. The highest BCUT2D eigenvalue weighted by molar-refractivity contribution is 5.78. The van der Waals surface area contributed by atoms with Gasteiger partial charge < -0.3 is 134 Å². The van der Waals surface area contributed by atoms with E-state index < -0.39 is 41.8 Å². The van der Waals surface area contributed by atoms with Gasteiger partial charge in [-0.2, -0.15) is 0 Å². The molecule has 2 aliphatic rings. The third kappa shape index (κ3) is 90.7. The van der Waals surface area contributed by atoms with E-state index in [0.717, 1.165) is 121 Å². The standard InChI is InChI=1S/C10H17NO3.C10H20O3.C9H19NO5.C9H18O3.C7H11N3O2.C7H10N2O2.C7H13NO3.C7H9NO3.C5H11NO3/c12-9-5-4-8-11(9)7-3-1-2-6-10(13)14;1-9(11)6-4-5-7-13-8-10(2)12-3;1-13-4-5-15-7-6-14-3-2-10-8-9(11)12;1-9(10)5-3-4-6-12-8-7-11-2;11-7(12)4-8-2-1-6-3-9-5-10-6;10-7(11)5-8-4-6-2-1-3-9-6;2*9-7(10)5-8-4-6-2-1-3-11-6;1-9-3-2-6-4-5(7)8/h1-8H2,(H,13,14);10H,4-8H2,1-3H3;10H,2-8H2,1H3,(H,11,12);3-8H2,1-2H3;3,5,8H,1-2,4H2,(H,9,10)(H,11,12);1-3,8-9H,4-5H2,(H,10,11);6,8H,1-5H2,(H,9,10);1-3,8H,4-5H2,(H,9,10);6H,2-4H2,1H3,(H,7,8). The number of carboxylic acids is 7. The van der Waals surface area contributed by atoms with E-state index >= 15 is 0 Å². The molecular weight excluding hydrogens is 1420 g/mol. The van der Waals surface area contributed by atoms with Gasteiger partial charge in [-0.3, -0.25) is 43.7 Å². The number of aliphatic carboxylic acids is 7. The molecule has 2 unspecified atom stereocenters. The topological polar surface area (TPSA) is 528 Å². The number of hydrogen-bond donors (Lipinski definition) is 15. The van der Waals surface area contributed by atoms with Gasteiger partial charge >= 0.3 is 41.8 Å². The third-order valence-corrected chi connectivity index (χ3v) is 13.6. The van der Waals surface area contributed by atoms with Crippen molar-refractivity contribution >= 4 is 59.3 Å². The van der Waals surface area contributed by atoms with Gasteiger partial charge in [0.15, 0.2) is 0 Å². The fourth-order valence-corrected chi connectivity index (χ4v) is 8.06. The van der Waals surface area contributed by atoms with Crippen LogP contribution in [0.5, 0.6) is 0 Å². The molecule has 0 aliphatic carbocycles. The van der Waals surface area contributed by atoms with Gasteiger partial charge in [0.2, 0.25) is 5.91 Å². The lowest BCUT2D eigenvalue weighted by molar-refractivity contribution is -0.138. The number of aromatic nitrogens is 3. The molecule has 2 atom stereocenters. The fraction of sp³-hybridized carbons (Fsp3) is 0.704. The quantitative estimate of drug-likeness (QED) is 0.0361. The van der Waals surface area contributed by atoms with Crippen molar-refractivity contribution in [3.63, 3.8) is 0 Å². The molecule has 0 saturated carbocycles. The Bertz CT molecular complexity index is 2540. The van der Waals surface area contributed by atoms with Crippen molar-refractivity contribution in [2.24, 2.45) is 0 Å². The summed E-state index contributed by atoms with van der Waals surface area (Å²) < 4.78 is 50.4. The largest absolute Gasteiger partial charge is 0.481 e. The van der Waals surface area contributed by atoms with Crippen LogP contribution in [0.15, 0.2) is 53.7 Å². The Morgan fingerprint density at radius 2 is 1.06 bits per heavy atom. The molecular formula is C71H128N10O27. The van der Waals surface area contributed by atoms with Crippen LogP contribution < -0.4 is 31.9 Å². The monoisotopic (exact) mass is 1550 g/mol. The van der Waals surface area contributed by atoms with E-state index in [2.05, 4.69) is 51.6 Å². The van der Waals surface area contributed by atoms with Crippen molar-refractivity contribution in [1.29, 1.82) is 0 Å². The molecule has 2 fully saturated rings. The molecule has 3 aromatic heterocycles. The van der Waals surface area contributed by atoms with Crippen molar-refractivity contribution < 1.29 is 131 Å². The number of nitrogens with zero attached hydrogens (tertiary/aromatic N) is 2. The molecule has 2 saturated heterocycles. The van der Waals surface area contributed by atoms with E-state index in [1.165, 1.54) is 0 Å². The normalized spacial score (nSPS) is 12.6. The zero-order chi connectivity index (χ0) is 81.3. The summed E-state index contributed by atoms with van der Waals surface area (Å²) in [7, 11) is 6.51. The molecule has 15 N–H and O–H groups in total. The summed E-state index contributed by atoms with van der Waals surface area (Å²) in [6.45, 7) is 17.7. The molecule has 108 heavy (non-hydrogen) atoms. The number of H-pyrrole nitrogens is 2. The molecule has 5 rings (SSSR count). The first-order valence-electron chi connectivity index (χ1n) is 35.9. The Kier molecular flexibility index (Phi) is 80.7. The number of nitrogens with one attached hydrogen (secondary N) is 8. The van der Waals surface area contributed by atoms with Crippen LogP contribution in [0.25, 0.3) is 0 Å².